The van der Waals surface area contributed by atoms with E-state index in [9.17, 15) is 0 Å². The van der Waals surface area contributed by atoms with E-state index in [0.717, 1.165) is 24.0 Å². The molecule has 1 aromatic heterocycles. The molecule has 2 heterocycles. The Kier molecular flexibility index (Phi) is 5.06. The van der Waals surface area contributed by atoms with Gasteiger partial charge in [0.1, 0.15) is 0 Å². The lowest BCUT2D eigenvalue weighted by Gasteiger charge is -2.44. The molecular weight excluding hydrogens is 324 g/mol. The Morgan fingerprint density at radius 1 is 1.58 bits per heavy atom. The number of likely N-dealkylation sites (tertiary alicyclic amines) is 1. The van der Waals surface area contributed by atoms with Gasteiger partial charge in [-0.2, -0.15) is 0 Å². The van der Waals surface area contributed by atoms with Gasteiger partial charge in [0.25, 0.3) is 0 Å². The molecule has 3 atom stereocenters. The largest absolute Gasteiger partial charge is 0.377 e. The fourth-order valence-corrected chi connectivity index (χ4v) is 4.60. The van der Waals surface area contributed by atoms with Crippen molar-refractivity contribution in [2.45, 2.75) is 44.4 Å². The lowest BCUT2D eigenvalue weighted by Crippen LogP contribution is -2.51. The van der Waals surface area contributed by atoms with Gasteiger partial charge >= 0.3 is 0 Å². The van der Waals surface area contributed by atoms with Crippen molar-refractivity contribution in [2.24, 2.45) is 5.73 Å². The smallest absolute Gasteiger partial charge is 0.0777 e. The number of nitrogens with zero attached hydrogens (tertiary/aromatic N) is 1. The number of hydrogen-bond acceptors (Lipinski definition) is 4. The van der Waals surface area contributed by atoms with Crippen LogP contribution in [0.4, 0.5) is 0 Å². The molecule has 0 saturated carbocycles. The van der Waals surface area contributed by atoms with Crippen molar-refractivity contribution in [2.75, 3.05) is 20.2 Å². The zero-order chi connectivity index (χ0) is 14.0. The number of piperidine rings is 1. The van der Waals surface area contributed by atoms with Gasteiger partial charge in [-0.3, -0.25) is 4.90 Å². The molecule has 1 aromatic rings. The van der Waals surface area contributed by atoms with E-state index >= 15 is 0 Å². The first-order valence-corrected chi connectivity index (χ1v) is 8.41. The maximum absolute atomic E-state index is 6.25. The standard InChI is InChI=1S/C14H23BrN2OS/c1-10(16)13(12-7-11(15)8-19-12)17-6-4-5-14(2,9-17)18-3/h7-8,10,13H,4-6,9,16H2,1-3H3. The minimum absolute atomic E-state index is 0.0418. The van der Waals surface area contributed by atoms with Crippen molar-refractivity contribution < 1.29 is 4.74 Å². The van der Waals surface area contributed by atoms with Gasteiger partial charge in [0.05, 0.1) is 11.6 Å². The third-order valence-corrected chi connectivity index (χ3v) is 5.72. The van der Waals surface area contributed by atoms with Crippen molar-refractivity contribution in [3.05, 3.63) is 20.8 Å². The van der Waals surface area contributed by atoms with Gasteiger partial charge in [-0.15, -0.1) is 11.3 Å². The van der Waals surface area contributed by atoms with E-state index in [0.29, 0.717) is 0 Å². The van der Waals surface area contributed by atoms with Gasteiger partial charge in [0.15, 0.2) is 0 Å². The van der Waals surface area contributed by atoms with Crippen LogP contribution in [0.2, 0.25) is 0 Å². The number of hydrogen-bond donors (Lipinski definition) is 1. The maximum Gasteiger partial charge on any atom is 0.0777 e. The monoisotopic (exact) mass is 346 g/mol. The van der Waals surface area contributed by atoms with Crippen LogP contribution in [0, 0.1) is 0 Å². The average Bonchev–Trinajstić information content (AvgIpc) is 2.75. The molecule has 108 valence electrons. The van der Waals surface area contributed by atoms with Gasteiger partial charge in [0.2, 0.25) is 0 Å². The van der Waals surface area contributed by atoms with E-state index in [1.807, 2.05) is 7.11 Å². The molecule has 1 saturated heterocycles. The highest BCUT2D eigenvalue weighted by Gasteiger charge is 2.36. The molecule has 2 rings (SSSR count). The van der Waals surface area contributed by atoms with Crippen LogP contribution in [0.5, 0.6) is 0 Å². The number of ether oxygens (including phenoxy) is 1. The molecule has 0 aromatic carbocycles. The first-order chi connectivity index (χ1) is 8.95. The number of halogens is 1. The van der Waals surface area contributed by atoms with E-state index < -0.39 is 0 Å². The highest BCUT2D eigenvalue weighted by Crippen LogP contribution is 2.35. The van der Waals surface area contributed by atoms with Gasteiger partial charge in [-0.1, -0.05) is 0 Å². The summed E-state index contributed by atoms with van der Waals surface area (Å²) in [4.78, 5) is 3.82. The van der Waals surface area contributed by atoms with Gasteiger partial charge in [-0.25, -0.2) is 0 Å². The number of methoxy groups -OCH3 is 1. The molecule has 1 fully saturated rings. The molecule has 0 spiro atoms. The Hall–Kier alpha value is 0.0600. The zero-order valence-corrected chi connectivity index (χ0v) is 14.3. The molecule has 19 heavy (non-hydrogen) atoms. The molecule has 0 amide bonds. The van der Waals surface area contributed by atoms with Crippen LogP contribution in [0.1, 0.15) is 37.6 Å². The summed E-state index contributed by atoms with van der Waals surface area (Å²) in [7, 11) is 1.81. The second-order valence-electron chi connectivity index (χ2n) is 5.70. The highest BCUT2D eigenvalue weighted by atomic mass is 79.9. The summed E-state index contributed by atoms with van der Waals surface area (Å²) in [6, 6.07) is 2.59. The molecule has 3 unspecified atom stereocenters. The predicted molar refractivity (Wildman–Crippen MR) is 84.6 cm³/mol. The quantitative estimate of drug-likeness (QED) is 0.907. The maximum atomic E-state index is 6.25. The molecule has 1 aliphatic heterocycles. The fourth-order valence-electron chi connectivity index (χ4n) is 2.90. The molecule has 3 nitrogen and oxygen atoms in total. The van der Waals surface area contributed by atoms with Crippen LogP contribution in [0.3, 0.4) is 0 Å². The molecule has 5 heteroatoms. The third-order valence-electron chi connectivity index (χ3n) is 3.95. The second kappa shape index (κ2) is 6.22. The van der Waals surface area contributed by atoms with Crippen molar-refractivity contribution in [1.29, 1.82) is 0 Å². The van der Waals surface area contributed by atoms with Crippen molar-refractivity contribution in [1.82, 2.24) is 4.90 Å². The van der Waals surface area contributed by atoms with Crippen LogP contribution in [0.25, 0.3) is 0 Å². The van der Waals surface area contributed by atoms with Gasteiger partial charge < -0.3 is 10.5 Å². The summed E-state index contributed by atoms with van der Waals surface area (Å²) >= 11 is 5.31. The lowest BCUT2D eigenvalue weighted by molar-refractivity contribution is -0.0633. The molecule has 0 aliphatic carbocycles. The molecular formula is C14H23BrN2OS. The van der Waals surface area contributed by atoms with E-state index in [1.165, 1.54) is 11.3 Å². The summed E-state index contributed by atoms with van der Waals surface area (Å²) in [5, 5.41) is 2.13. The first-order valence-electron chi connectivity index (χ1n) is 6.74. The topological polar surface area (TPSA) is 38.5 Å². The van der Waals surface area contributed by atoms with E-state index in [4.69, 9.17) is 10.5 Å². The van der Waals surface area contributed by atoms with Crippen molar-refractivity contribution in [3.63, 3.8) is 0 Å². The van der Waals surface area contributed by atoms with Gasteiger partial charge in [-0.05, 0) is 55.2 Å². The molecule has 0 radical (unpaired) electrons. The van der Waals surface area contributed by atoms with E-state index in [-0.39, 0.29) is 17.7 Å². The average molecular weight is 347 g/mol. The minimum atomic E-state index is -0.0418. The summed E-state index contributed by atoms with van der Waals surface area (Å²) < 4.78 is 6.83. The van der Waals surface area contributed by atoms with E-state index in [1.54, 1.807) is 11.3 Å². The normalized spacial score (nSPS) is 28.3. The van der Waals surface area contributed by atoms with Crippen molar-refractivity contribution >= 4 is 27.3 Å². The fraction of sp³-hybridized carbons (Fsp3) is 0.714. The van der Waals surface area contributed by atoms with Gasteiger partial charge in [0, 0.05) is 34.4 Å². The van der Waals surface area contributed by atoms with Crippen molar-refractivity contribution in [3.8, 4) is 0 Å². The third kappa shape index (κ3) is 3.58. The van der Waals surface area contributed by atoms with Crippen LogP contribution >= 0.6 is 27.3 Å². The summed E-state index contributed by atoms with van der Waals surface area (Å²) in [5.74, 6) is 0. The Bertz CT molecular complexity index is 423. The Morgan fingerprint density at radius 3 is 2.84 bits per heavy atom. The molecule has 0 bridgehead atoms. The minimum Gasteiger partial charge on any atom is -0.377 e. The second-order valence-corrected chi connectivity index (χ2v) is 7.56. The summed E-state index contributed by atoms with van der Waals surface area (Å²) in [6.45, 7) is 6.34. The van der Waals surface area contributed by atoms with Crippen LogP contribution in [0.15, 0.2) is 15.9 Å². The highest BCUT2D eigenvalue weighted by molar-refractivity contribution is 9.10. The number of thiophene rings is 1. The Labute approximate surface area is 128 Å². The molecule has 1 aliphatic rings. The Morgan fingerprint density at radius 2 is 2.32 bits per heavy atom. The number of rotatable bonds is 4. The zero-order valence-electron chi connectivity index (χ0n) is 11.9. The van der Waals surface area contributed by atoms with Crippen LogP contribution in [-0.4, -0.2) is 36.7 Å². The van der Waals surface area contributed by atoms with Crippen LogP contribution < -0.4 is 5.73 Å². The summed E-state index contributed by atoms with van der Waals surface area (Å²) in [5.41, 5.74) is 6.21. The van der Waals surface area contributed by atoms with Crippen LogP contribution in [-0.2, 0) is 4.74 Å². The first kappa shape index (κ1) is 15.4. The molecule has 2 N–H and O–H groups in total. The lowest BCUT2D eigenvalue weighted by atomic mass is 9.92. The van der Waals surface area contributed by atoms with E-state index in [2.05, 4.69) is 46.1 Å². The Balaban J connectivity index is 2.20. The summed E-state index contributed by atoms with van der Waals surface area (Å²) in [6.07, 6.45) is 2.29. The SMILES string of the molecule is COC1(C)CCCN(C(c2cc(Br)cs2)C(C)N)C1. The number of nitrogens with two attached hydrogens (primary N) is 1. The predicted octanol–water partition coefficient (Wildman–Crippen LogP) is 3.40.